The molecule has 0 radical (unpaired) electrons. The first-order chi connectivity index (χ1) is 12.3. The topological polar surface area (TPSA) is 61.0 Å². The molecule has 0 aliphatic rings. The van der Waals surface area contributed by atoms with Gasteiger partial charge < -0.3 is 9.15 Å². The number of aromatic nitrogens is 3. The number of benzene rings is 1. The Balaban J connectivity index is 1.43. The second kappa shape index (κ2) is 7.38. The molecule has 0 N–H and O–H groups in total. The molecule has 4 rings (SSSR count). The van der Waals surface area contributed by atoms with Gasteiger partial charge in [-0.25, -0.2) is 4.98 Å². The van der Waals surface area contributed by atoms with Gasteiger partial charge in [0.05, 0.1) is 17.7 Å². The summed E-state index contributed by atoms with van der Waals surface area (Å²) in [6.45, 7) is 0. The SMILES string of the molecule is COc1cccc(-c2nc(CSc3nnc(-c4cccs4)o3)cs2)c1. The summed E-state index contributed by atoms with van der Waals surface area (Å²) in [6.07, 6.45) is 0. The lowest BCUT2D eigenvalue weighted by Gasteiger charge is -2.01. The minimum absolute atomic E-state index is 0.555. The number of nitrogens with zero attached hydrogens (tertiary/aromatic N) is 3. The average molecular weight is 388 g/mol. The molecule has 3 aromatic heterocycles. The van der Waals surface area contributed by atoms with Crippen molar-refractivity contribution in [3.63, 3.8) is 0 Å². The first-order valence-electron chi connectivity index (χ1n) is 7.41. The van der Waals surface area contributed by atoms with Crippen molar-refractivity contribution in [1.29, 1.82) is 0 Å². The number of thiophene rings is 1. The molecular weight excluding hydrogens is 374 g/mol. The Bertz CT molecular complexity index is 963. The molecule has 0 fully saturated rings. The van der Waals surface area contributed by atoms with E-state index in [1.165, 1.54) is 11.8 Å². The third-order valence-corrected chi connectivity index (χ3v) is 6.00. The lowest BCUT2D eigenvalue weighted by Crippen LogP contribution is -1.85. The fourth-order valence-electron chi connectivity index (χ4n) is 2.17. The molecule has 0 aliphatic heterocycles. The van der Waals surface area contributed by atoms with Crippen LogP contribution in [0.3, 0.4) is 0 Å². The summed E-state index contributed by atoms with van der Waals surface area (Å²) in [4.78, 5) is 5.66. The summed E-state index contributed by atoms with van der Waals surface area (Å²) in [7, 11) is 1.66. The summed E-state index contributed by atoms with van der Waals surface area (Å²) in [5.74, 6) is 2.08. The Kier molecular flexibility index (Phi) is 4.82. The number of thiazole rings is 1. The molecule has 5 nitrogen and oxygen atoms in total. The van der Waals surface area contributed by atoms with E-state index in [9.17, 15) is 0 Å². The highest BCUT2D eigenvalue weighted by molar-refractivity contribution is 7.98. The average Bonchev–Trinajstić information content (AvgIpc) is 3.41. The zero-order valence-corrected chi connectivity index (χ0v) is 15.7. The quantitative estimate of drug-likeness (QED) is 0.423. The molecule has 8 heteroatoms. The van der Waals surface area contributed by atoms with E-state index in [0.717, 1.165) is 26.9 Å². The standard InChI is InChI=1S/C17H13N3O2S3/c1-21-13-5-2-4-11(8-13)16-18-12(9-24-16)10-25-17-20-19-15(22-17)14-6-3-7-23-14/h2-9H,10H2,1H3. The van der Waals surface area contributed by atoms with E-state index in [1.807, 2.05) is 41.8 Å². The summed E-state index contributed by atoms with van der Waals surface area (Å²) < 4.78 is 10.9. The van der Waals surface area contributed by atoms with Crippen LogP contribution >= 0.6 is 34.4 Å². The van der Waals surface area contributed by atoms with Crippen LogP contribution in [0, 0.1) is 0 Å². The van der Waals surface area contributed by atoms with Crippen molar-refractivity contribution in [3.05, 3.63) is 52.9 Å². The van der Waals surface area contributed by atoms with Crippen LogP contribution in [0.2, 0.25) is 0 Å². The Morgan fingerprint density at radius 3 is 2.96 bits per heavy atom. The van der Waals surface area contributed by atoms with Gasteiger partial charge in [0, 0.05) is 16.7 Å². The second-order valence-corrected chi connectivity index (χ2v) is 7.75. The Morgan fingerprint density at radius 2 is 2.12 bits per heavy atom. The number of thioether (sulfide) groups is 1. The molecule has 0 spiro atoms. The molecule has 126 valence electrons. The lowest BCUT2D eigenvalue weighted by atomic mass is 10.2. The van der Waals surface area contributed by atoms with Crippen LogP contribution in [0.15, 0.2) is 56.8 Å². The van der Waals surface area contributed by atoms with Gasteiger partial charge in [0.25, 0.3) is 11.1 Å². The van der Waals surface area contributed by atoms with Crippen molar-refractivity contribution >= 4 is 34.4 Å². The zero-order valence-electron chi connectivity index (χ0n) is 13.2. The van der Waals surface area contributed by atoms with E-state index >= 15 is 0 Å². The van der Waals surface area contributed by atoms with Crippen LogP contribution in [0.4, 0.5) is 0 Å². The van der Waals surface area contributed by atoms with Crippen LogP contribution < -0.4 is 4.74 Å². The lowest BCUT2D eigenvalue weighted by molar-refractivity contribution is 0.415. The van der Waals surface area contributed by atoms with E-state index in [0.29, 0.717) is 16.9 Å². The molecule has 0 saturated carbocycles. The zero-order chi connectivity index (χ0) is 17.1. The van der Waals surface area contributed by atoms with Crippen LogP contribution in [0.5, 0.6) is 5.75 Å². The number of ether oxygens (including phenoxy) is 1. The van der Waals surface area contributed by atoms with Crippen LogP contribution in [-0.2, 0) is 5.75 Å². The minimum atomic E-state index is 0.555. The molecule has 4 aromatic rings. The van der Waals surface area contributed by atoms with Gasteiger partial charge in [-0.1, -0.05) is 30.0 Å². The van der Waals surface area contributed by atoms with Crippen molar-refractivity contribution in [3.8, 4) is 27.1 Å². The van der Waals surface area contributed by atoms with Crippen LogP contribution in [0.25, 0.3) is 21.3 Å². The maximum atomic E-state index is 5.68. The van der Waals surface area contributed by atoms with Gasteiger partial charge in [-0.2, -0.15) is 0 Å². The fraction of sp³-hybridized carbons (Fsp3) is 0.118. The third kappa shape index (κ3) is 3.76. The Morgan fingerprint density at radius 1 is 1.16 bits per heavy atom. The largest absolute Gasteiger partial charge is 0.497 e. The van der Waals surface area contributed by atoms with Crippen molar-refractivity contribution < 1.29 is 9.15 Å². The molecule has 0 bridgehead atoms. The van der Waals surface area contributed by atoms with E-state index in [1.54, 1.807) is 29.8 Å². The van der Waals surface area contributed by atoms with E-state index in [4.69, 9.17) is 9.15 Å². The number of methoxy groups -OCH3 is 1. The van der Waals surface area contributed by atoms with Crippen molar-refractivity contribution in [2.45, 2.75) is 11.0 Å². The van der Waals surface area contributed by atoms with Gasteiger partial charge in [0.1, 0.15) is 10.8 Å². The predicted molar refractivity (Wildman–Crippen MR) is 101 cm³/mol. The summed E-state index contributed by atoms with van der Waals surface area (Å²) in [6, 6.07) is 11.8. The van der Waals surface area contributed by atoms with E-state index in [2.05, 4.69) is 20.6 Å². The van der Waals surface area contributed by atoms with E-state index < -0.39 is 0 Å². The first-order valence-corrected chi connectivity index (χ1v) is 10.2. The molecule has 0 atom stereocenters. The third-order valence-electron chi connectivity index (χ3n) is 3.35. The van der Waals surface area contributed by atoms with Gasteiger partial charge >= 0.3 is 0 Å². The molecule has 0 amide bonds. The molecule has 0 saturated heterocycles. The molecule has 3 heterocycles. The highest BCUT2D eigenvalue weighted by atomic mass is 32.2. The summed E-state index contributed by atoms with van der Waals surface area (Å²) in [5.41, 5.74) is 2.04. The second-order valence-electron chi connectivity index (χ2n) is 5.02. The molecular formula is C17H13N3O2S3. The fourth-order valence-corrected chi connectivity index (χ4v) is 4.39. The Hall–Kier alpha value is -2.16. The van der Waals surface area contributed by atoms with E-state index in [-0.39, 0.29) is 0 Å². The van der Waals surface area contributed by atoms with Gasteiger partial charge in [0.2, 0.25) is 0 Å². The number of hydrogen-bond donors (Lipinski definition) is 0. The highest BCUT2D eigenvalue weighted by Crippen LogP contribution is 2.31. The molecule has 1 aromatic carbocycles. The number of rotatable bonds is 6. The van der Waals surface area contributed by atoms with Gasteiger partial charge in [-0.15, -0.1) is 32.9 Å². The monoisotopic (exact) mass is 387 g/mol. The van der Waals surface area contributed by atoms with Gasteiger partial charge in [-0.05, 0) is 23.6 Å². The van der Waals surface area contributed by atoms with Crippen LogP contribution in [0.1, 0.15) is 5.69 Å². The summed E-state index contributed by atoms with van der Waals surface area (Å²) >= 11 is 4.69. The van der Waals surface area contributed by atoms with Gasteiger partial charge in [-0.3, -0.25) is 0 Å². The van der Waals surface area contributed by atoms with Gasteiger partial charge in [0.15, 0.2) is 0 Å². The molecule has 25 heavy (non-hydrogen) atoms. The number of hydrogen-bond acceptors (Lipinski definition) is 8. The van der Waals surface area contributed by atoms with Crippen LogP contribution in [-0.4, -0.2) is 22.3 Å². The van der Waals surface area contributed by atoms with Crippen molar-refractivity contribution in [2.75, 3.05) is 7.11 Å². The smallest absolute Gasteiger partial charge is 0.277 e. The predicted octanol–water partition coefficient (Wildman–Crippen LogP) is 5.22. The van der Waals surface area contributed by atoms with Crippen molar-refractivity contribution in [2.24, 2.45) is 0 Å². The van der Waals surface area contributed by atoms with Crippen molar-refractivity contribution in [1.82, 2.24) is 15.2 Å². The Labute approximate surface area is 156 Å². The minimum Gasteiger partial charge on any atom is -0.497 e. The maximum Gasteiger partial charge on any atom is 0.277 e. The first kappa shape index (κ1) is 16.3. The summed E-state index contributed by atoms with van der Waals surface area (Å²) in [5, 5.41) is 13.7. The molecule has 0 aliphatic carbocycles. The highest BCUT2D eigenvalue weighted by Gasteiger charge is 2.11. The molecule has 0 unspecified atom stereocenters. The normalized spacial score (nSPS) is 10.9. The maximum absolute atomic E-state index is 5.68.